The van der Waals surface area contributed by atoms with Gasteiger partial charge in [0.15, 0.2) is 18.9 Å². The number of aliphatic hydroxyl groups is 11. The molecule has 3 saturated heterocycles. The van der Waals surface area contributed by atoms with E-state index in [1.807, 2.05) is 0 Å². The Labute approximate surface area is 705 Å². The molecule has 116 heavy (non-hydrogen) atoms. The predicted molar refractivity (Wildman–Crippen MR) is 471 cm³/mol. The molecule has 3 heterocycles. The van der Waals surface area contributed by atoms with Gasteiger partial charge in [0.05, 0.1) is 38.6 Å². The molecule has 0 aromatic rings. The second kappa shape index (κ2) is 75.7. The number of nitrogens with one attached hydrogen (secondary N) is 1. The molecule has 1 amide bonds. The average molecular weight is 1640 g/mol. The molecule has 0 bridgehead atoms. The van der Waals surface area contributed by atoms with E-state index in [1.165, 1.54) is 270 Å². The Bertz CT molecular complexity index is 2420. The van der Waals surface area contributed by atoms with Gasteiger partial charge in [-0.05, 0) is 70.6 Å². The maximum absolute atomic E-state index is 13.6. The summed E-state index contributed by atoms with van der Waals surface area (Å²) in [6, 6.07) is -0.893. The third kappa shape index (κ3) is 53.1. The van der Waals surface area contributed by atoms with Crippen LogP contribution in [0.1, 0.15) is 393 Å². The lowest BCUT2D eigenvalue weighted by atomic mass is 9.96. The van der Waals surface area contributed by atoms with Crippen molar-refractivity contribution in [2.45, 2.75) is 497 Å². The molecule has 0 saturated carbocycles. The maximum atomic E-state index is 13.6. The lowest BCUT2D eigenvalue weighted by Crippen LogP contribution is -2.66. The normalized spacial score (nSPS) is 24.9. The second-order valence-electron chi connectivity index (χ2n) is 33.8. The molecule has 0 aliphatic carbocycles. The topological polar surface area (TPSA) is 307 Å². The third-order valence-corrected chi connectivity index (χ3v) is 23.5. The molecule has 12 N–H and O–H groups in total. The molecule has 3 fully saturated rings. The number of aliphatic hydroxyl groups excluding tert-OH is 11. The zero-order chi connectivity index (χ0) is 83.8. The van der Waals surface area contributed by atoms with Gasteiger partial charge in [-0.1, -0.05) is 401 Å². The molecule has 17 atom stereocenters. The minimum Gasteiger partial charge on any atom is -0.394 e. The van der Waals surface area contributed by atoms with Crippen molar-refractivity contribution in [3.05, 3.63) is 85.1 Å². The van der Waals surface area contributed by atoms with E-state index in [0.717, 1.165) is 89.9 Å². The fourth-order valence-electron chi connectivity index (χ4n) is 15.9. The number of hydrogen-bond donors (Lipinski definition) is 12. The Morgan fingerprint density at radius 1 is 0.319 bits per heavy atom. The molecule has 17 unspecified atom stereocenters. The van der Waals surface area contributed by atoms with Crippen molar-refractivity contribution >= 4 is 5.91 Å². The van der Waals surface area contributed by atoms with Crippen LogP contribution in [0.4, 0.5) is 0 Å². The third-order valence-electron chi connectivity index (χ3n) is 23.5. The molecule has 19 heteroatoms. The van der Waals surface area contributed by atoms with E-state index in [2.05, 4.69) is 104 Å². The minimum absolute atomic E-state index is 0.238. The fourth-order valence-corrected chi connectivity index (χ4v) is 15.9. The molecule has 0 spiro atoms. The fraction of sp³-hybridized carbons (Fsp3) is 0.845. The predicted octanol–water partition coefficient (Wildman–Crippen LogP) is 19.2. The van der Waals surface area contributed by atoms with E-state index < -0.39 is 124 Å². The van der Waals surface area contributed by atoms with Crippen LogP contribution >= 0.6 is 0 Å². The summed E-state index contributed by atoms with van der Waals surface area (Å²) in [7, 11) is 0. The molecule has 3 aliphatic heterocycles. The summed E-state index contributed by atoms with van der Waals surface area (Å²) in [6.45, 7) is 1.75. The molecule has 3 aliphatic rings. The van der Waals surface area contributed by atoms with Crippen molar-refractivity contribution in [1.29, 1.82) is 0 Å². The molecule has 0 aromatic carbocycles. The zero-order valence-electron chi connectivity index (χ0n) is 73.2. The Hall–Kier alpha value is -3.03. The van der Waals surface area contributed by atoms with Crippen LogP contribution in [-0.2, 0) is 33.2 Å². The van der Waals surface area contributed by atoms with Crippen molar-refractivity contribution in [2.75, 3.05) is 26.4 Å². The van der Waals surface area contributed by atoms with Crippen LogP contribution in [0, 0.1) is 0 Å². The number of hydrogen-bond acceptors (Lipinski definition) is 18. The van der Waals surface area contributed by atoms with Crippen LogP contribution in [0.2, 0.25) is 0 Å². The highest BCUT2D eigenvalue weighted by atomic mass is 16.8. The molecular weight excluding hydrogens is 1470 g/mol. The number of ether oxygens (including phenoxy) is 6. The van der Waals surface area contributed by atoms with Gasteiger partial charge in [-0.15, -0.1) is 0 Å². The zero-order valence-corrected chi connectivity index (χ0v) is 73.2. The van der Waals surface area contributed by atoms with Gasteiger partial charge in [0.1, 0.15) is 73.2 Å². The van der Waals surface area contributed by atoms with Gasteiger partial charge >= 0.3 is 0 Å². The van der Waals surface area contributed by atoms with Crippen LogP contribution in [0.25, 0.3) is 0 Å². The van der Waals surface area contributed by atoms with Crippen LogP contribution < -0.4 is 5.32 Å². The number of amides is 1. The van der Waals surface area contributed by atoms with Crippen LogP contribution in [0.5, 0.6) is 0 Å². The second-order valence-corrected chi connectivity index (χ2v) is 33.8. The van der Waals surface area contributed by atoms with Gasteiger partial charge in [0.25, 0.3) is 0 Å². The van der Waals surface area contributed by atoms with Crippen molar-refractivity contribution in [3.8, 4) is 0 Å². The molecule has 3 rings (SSSR count). The first-order valence-corrected chi connectivity index (χ1v) is 47.8. The summed E-state index contributed by atoms with van der Waals surface area (Å²) in [5.74, 6) is -0.238. The first-order chi connectivity index (χ1) is 56.8. The summed E-state index contributed by atoms with van der Waals surface area (Å²) < 4.78 is 34.6. The van der Waals surface area contributed by atoms with E-state index >= 15 is 0 Å². The Balaban J connectivity index is 1.30. The number of unbranched alkanes of at least 4 members (excludes halogenated alkanes) is 48. The van der Waals surface area contributed by atoms with Crippen molar-refractivity contribution in [3.63, 3.8) is 0 Å². The van der Waals surface area contributed by atoms with Gasteiger partial charge < -0.3 is 89.9 Å². The monoisotopic (exact) mass is 1640 g/mol. The van der Waals surface area contributed by atoms with Crippen molar-refractivity contribution < 1.29 is 89.4 Å². The lowest BCUT2D eigenvalue weighted by Gasteiger charge is -2.48. The first-order valence-electron chi connectivity index (χ1n) is 47.8. The Kier molecular flexibility index (Phi) is 69.9. The standard InChI is InChI=1S/C97H175NO18/c1-3-5-7-9-11-13-15-17-19-21-23-25-27-29-31-33-35-37-38-39-40-41-42-43-45-47-49-51-53-55-57-59-61-63-65-67-69-71-73-75-85(103)98-80(81(102)74-72-70-68-66-64-62-60-58-56-54-52-50-48-46-44-36-34-32-30-28-26-24-22-20-18-16-14-12-10-8-6-4-2)79-111-95-91(109)88(106)93(83(77-100)113-95)116-97-92(110)89(107)94(84(78-101)114-97)115-96-90(108)87(105)86(104)82(76-99)112-96/h5,7,11,13,17,19,23,25,29,31,35,37,39-40,80-84,86-97,99-102,104-110H,3-4,6,8-10,12,14-16,18,20-22,24,26-28,30,32-34,36,38,41-79H2,1-2H3,(H,98,103)/b7-5-,13-11-,19-17-,25-23-,31-29-,37-35-,40-39-. The summed E-state index contributed by atoms with van der Waals surface area (Å²) in [5.41, 5.74) is 0. The molecule has 19 nitrogen and oxygen atoms in total. The SMILES string of the molecule is CC/C=C\C/C=C\C/C=C\C/C=C\C/C=C\C/C=C\C/C=C\CCCCCCCCCCCCCCCCCCCC(=O)NC(COC1OC(CO)C(OC2OC(CO)C(OC3OC(CO)C(O)C(O)C3O)C(O)C2O)C(O)C1O)C(O)CCCCCCCCCCCCCCCCCCCCCCCCCCCCCCCCCC. The van der Waals surface area contributed by atoms with Crippen LogP contribution in [0.15, 0.2) is 85.1 Å². The Morgan fingerprint density at radius 3 is 0.931 bits per heavy atom. The number of carbonyl (C=O) groups excluding carboxylic acids is 1. The maximum Gasteiger partial charge on any atom is 0.220 e. The van der Waals surface area contributed by atoms with Crippen molar-refractivity contribution in [2.24, 2.45) is 0 Å². The largest absolute Gasteiger partial charge is 0.394 e. The number of rotatable bonds is 78. The first kappa shape index (κ1) is 107. The number of allylic oxidation sites excluding steroid dienone is 14. The smallest absolute Gasteiger partial charge is 0.220 e. The number of carbonyl (C=O) groups is 1. The van der Waals surface area contributed by atoms with E-state index in [1.54, 1.807) is 0 Å². The highest BCUT2D eigenvalue weighted by Gasteiger charge is 2.54. The van der Waals surface area contributed by atoms with E-state index in [-0.39, 0.29) is 18.9 Å². The quantitative estimate of drug-likeness (QED) is 0.0199. The minimum atomic E-state index is -1.98. The molecule has 0 radical (unpaired) electrons. The molecular formula is C97H175NO18. The van der Waals surface area contributed by atoms with Crippen molar-refractivity contribution in [1.82, 2.24) is 5.32 Å². The lowest BCUT2D eigenvalue weighted by molar-refractivity contribution is -0.379. The Morgan fingerprint density at radius 2 is 0.595 bits per heavy atom. The van der Waals surface area contributed by atoms with Gasteiger partial charge in [0.2, 0.25) is 5.91 Å². The van der Waals surface area contributed by atoms with Gasteiger partial charge in [0, 0.05) is 6.42 Å². The van der Waals surface area contributed by atoms with E-state index in [4.69, 9.17) is 28.4 Å². The van der Waals surface area contributed by atoms with E-state index in [9.17, 15) is 61.0 Å². The average Bonchev–Trinajstić information content (AvgIpc) is 0.779. The molecule has 676 valence electrons. The van der Waals surface area contributed by atoms with Gasteiger partial charge in [-0.25, -0.2) is 0 Å². The highest BCUT2D eigenvalue weighted by Crippen LogP contribution is 2.34. The van der Waals surface area contributed by atoms with Crippen LogP contribution in [-0.4, -0.2) is 193 Å². The van der Waals surface area contributed by atoms with Gasteiger partial charge in [-0.2, -0.15) is 0 Å². The summed E-state index contributed by atoms with van der Waals surface area (Å²) in [5, 5.41) is 122. The summed E-state index contributed by atoms with van der Waals surface area (Å²) in [6.07, 6.45) is 77.0. The van der Waals surface area contributed by atoms with Crippen LogP contribution in [0.3, 0.4) is 0 Å². The highest BCUT2D eigenvalue weighted by molar-refractivity contribution is 5.76. The molecule has 0 aromatic heterocycles. The summed E-state index contributed by atoms with van der Waals surface area (Å²) >= 11 is 0. The van der Waals surface area contributed by atoms with Gasteiger partial charge in [-0.3, -0.25) is 4.79 Å². The van der Waals surface area contributed by atoms with E-state index in [0.29, 0.717) is 12.8 Å². The summed E-state index contributed by atoms with van der Waals surface area (Å²) in [4.78, 5) is 13.6.